The minimum absolute atomic E-state index is 0.226. The van der Waals surface area contributed by atoms with Crippen LogP contribution in [-0.4, -0.2) is 29.5 Å². The molecule has 1 saturated heterocycles. The van der Waals surface area contributed by atoms with Gasteiger partial charge in [0.05, 0.1) is 6.04 Å². The van der Waals surface area contributed by atoms with E-state index in [2.05, 4.69) is 5.32 Å². The van der Waals surface area contributed by atoms with Gasteiger partial charge in [-0.3, -0.25) is 4.79 Å². The molecule has 140 valence electrons. The predicted octanol–water partition coefficient (Wildman–Crippen LogP) is 1.80. The Kier molecular flexibility index (Phi) is 4.44. The first-order valence-electron chi connectivity index (χ1n) is 9.26. The summed E-state index contributed by atoms with van der Waals surface area (Å²) in [5.41, 5.74) is 0.733. The van der Waals surface area contributed by atoms with Gasteiger partial charge in [-0.05, 0) is 24.6 Å². The summed E-state index contributed by atoms with van der Waals surface area (Å²) in [6, 6.07) is 15.8. The molecule has 4 rings (SSSR count). The molecule has 1 aliphatic heterocycles. The molecule has 0 bridgehead atoms. The van der Waals surface area contributed by atoms with Crippen molar-refractivity contribution in [2.45, 2.75) is 37.9 Å². The number of quaternary nitrogens is 1. The van der Waals surface area contributed by atoms with E-state index in [1.54, 1.807) is 19.1 Å². The van der Waals surface area contributed by atoms with Crippen LogP contribution in [-0.2, 0) is 16.9 Å². The van der Waals surface area contributed by atoms with Crippen LogP contribution in [0.2, 0.25) is 0 Å². The third-order valence-electron chi connectivity index (χ3n) is 5.49. The van der Waals surface area contributed by atoms with Gasteiger partial charge in [-0.15, -0.1) is 0 Å². The van der Waals surface area contributed by atoms with Crippen molar-refractivity contribution in [1.29, 1.82) is 0 Å². The molecular weight excluding hydrogens is 345 g/mol. The Labute approximate surface area is 157 Å². The van der Waals surface area contributed by atoms with Crippen LogP contribution in [0, 0.1) is 5.82 Å². The summed E-state index contributed by atoms with van der Waals surface area (Å²) < 4.78 is 13.2. The summed E-state index contributed by atoms with van der Waals surface area (Å²) >= 11 is 0. The van der Waals surface area contributed by atoms with Crippen LogP contribution in [0.1, 0.15) is 30.9 Å². The summed E-state index contributed by atoms with van der Waals surface area (Å²) in [4.78, 5) is 28.2. The van der Waals surface area contributed by atoms with Crippen LogP contribution in [0.3, 0.4) is 0 Å². The van der Waals surface area contributed by atoms with Gasteiger partial charge in [-0.1, -0.05) is 42.5 Å². The quantitative estimate of drug-likeness (QED) is 0.764. The van der Waals surface area contributed by atoms with Crippen LogP contribution in [0.15, 0.2) is 54.6 Å². The monoisotopic (exact) mass is 368 g/mol. The first-order valence-corrected chi connectivity index (χ1v) is 9.26. The summed E-state index contributed by atoms with van der Waals surface area (Å²) in [5, 5.41) is 2.86. The lowest BCUT2D eigenvalue weighted by atomic mass is 9.92. The zero-order chi connectivity index (χ0) is 19.0. The van der Waals surface area contributed by atoms with Crippen molar-refractivity contribution in [2.24, 2.45) is 0 Å². The zero-order valence-electron chi connectivity index (χ0n) is 15.2. The van der Waals surface area contributed by atoms with Crippen molar-refractivity contribution in [3.05, 3.63) is 71.5 Å². The van der Waals surface area contributed by atoms with E-state index in [1.165, 1.54) is 17.0 Å². The smallest absolute Gasteiger partial charge is 0.319 e. The predicted molar refractivity (Wildman–Crippen MR) is 98.1 cm³/mol. The molecule has 3 amide bonds. The molecule has 0 spiro atoms. The minimum Gasteiger partial charge on any atom is -0.319 e. The molecule has 2 N–H and O–H groups in total. The second kappa shape index (κ2) is 6.78. The summed E-state index contributed by atoms with van der Waals surface area (Å²) in [6.07, 6.45) is 2.16. The van der Waals surface area contributed by atoms with Crippen LogP contribution in [0.25, 0.3) is 0 Å². The SMILES string of the molecule is C[C@]1(c2ccccc2)NC(=O)N(C[NH+](Cc2ccc(F)cc2)C2CC2)C1=O. The van der Waals surface area contributed by atoms with E-state index >= 15 is 0 Å². The van der Waals surface area contributed by atoms with Gasteiger partial charge in [0.2, 0.25) is 0 Å². The van der Waals surface area contributed by atoms with Crippen molar-refractivity contribution in [3.63, 3.8) is 0 Å². The first kappa shape index (κ1) is 17.7. The van der Waals surface area contributed by atoms with Gasteiger partial charge < -0.3 is 10.2 Å². The van der Waals surface area contributed by atoms with Gasteiger partial charge in [0.1, 0.15) is 17.9 Å². The lowest BCUT2D eigenvalue weighted by Crippen LogP contribution is -3.13. The lowest BCUT2D eigenvalue weighted by molar-refractivity contribution is -0.931. The van der Waals surface area contributed by atoms with Crippen molar-refractivity contribution in [2.75, 3.05) is 6.67 Å². The number of benzene rings is 2. The number of urea groups is 1. The highest BCUT2D eigenvalue weighted by Crippen LogP contribution is 2.28. The van der Waals surface area contributed by atoms with E-state index in [4.69, 9.17) is 0 Å². The van der Waals surface area contributed by atoms with Crippen LogP contribution in [0.4, 0.5) is 9.18 Å². The molecule has 6 heteroatoms. The number of amides is 3. The van der Waals surface area contributed by atoms with Crippen molar-refractivity contribution >= 4 is 11.9 Å². The third kappa shape index (κ3) is 3.45. The molecule has 0 aromatic heterocycles. The molecule has 2 aromatic carbocycles. The molecule has 2 fully saturated rings. The third-order valence-corrected chi connectivity index (χ3v) is 5.49. The number of imide groups is 1. The molecule has 5 nitrogen and oxygen atoms in total. The Morgan fingerprint density at radius 1 is 1.11 bits per heavy atom. The number of rotatable bonds is 6. The fourth-order valence-corrected chi connectivity index (χ4v) is 3.70. The highest BCUT2D eigenvalue weighted by molar-refractivity contribution is 6.07. The maximum absolute atomic E-state index is 13.2. The molecule has 1 saturated carbocycles. The fourth-order valence-electron chi connectivity index (χ4n) is 3.70. The fraction of sp³-hybridized carbons (Fsp3) is 0.333. The second-order valence-electron chi connectivity index (χ2n) is 7.55. The Hall–Kier alpha value is -2.73. The molecule has 27 heavy (non-hydrogen) atoms. The topological polar surface area (TPSA) is 53.9 Å². The summed E-state index contributed by atoms with van der Waals surface area (Å²) in [6.45, 7) is 2.72. The summed E-state index contributed by atoms with van der Waals surface area (Å²) in [7, 11) is 0. The van der Waals surface area contributed by atoms with Gasteiger partial charge in [0.15, 0.2) is 6.67 Å². The standard InChI is InChI=1S/C21H22FN3O2/c1-21(16-5-3-2-4-6-16)19(26)25(20(27)23-21)14-24(18-11-12-18)13-15-7-9-17(22)10-8-15/h2-10,18H,11-14H2,1H3,(H,23,27)/p+1/t21-/m1/s1. The normalized spacial score (nSPS) is 23.4. The molecule has 2 aliphatic rings. The van der Waals surface area contributed by atoms with Gasteiger partial charge >= 0.3 is 6.03 Å². The van der Waals surface area contributed by atoms with Gasteiger partial charge in [0.25, 0.3) is 5.91 Å². The maximum atomic E-state index is 13.2. The zero-order valence-corrected chi connectivity index (χ0v) is 15.2. The Bertz CT molecular complexity index is 851. The Morgan fingerprint density at radius 3 is 2.41 bits per heavy atom. The number of hydrogen-bond acceptors (Lipinski definition) is 2. The second-order valence-corrected chi connectivity index (χ2v) is 7.55. The highest BCUT2D eigenvalue weighted by atomic mass is 19.1. The highest BCUT2D eigenvalue weighted by Gasteiger charge is 2.51. The van der Waals surface area contributed by atoms with E-state index in [0.29, 0.717) is 19.3 Å². The van der Waals surface area contributed by atoms with E-state index in [1.807, 2.05) is 30.3 Å². The average molecular weight is 368 g/mol. The van der Waals surface area contributed by atoms with Crippen molar-refractivity contribution in [1.82, 2.24) is 10.2 Å². The van der Waals surface area contributed by atoms with E-state index in [-0.39, 0.29) is 17.8 Å². The van der Waals surface area contributed by atoms with E-state index in [9.17, 15) is 14.0 Å². The molecule has 1 unspecified atom stereocenters. The van der Waals surface area contributed by atoms with E-state index < -0.39 is 5.54 Å². The molecule has 0 radical (unpaired) electrons. The summed E-state index contributed by atoms with van der Waals surface area (Å²) in [5.74, 6) is -0.490. The van der Waals surface area contributed by atoms with Crippen molar-refractivity contribution in [3.8, 4) is 0 Å². The number of hydrogen-bond donors (Lipinski definition) is 2. The minimum atomic E-state index is -1.04. The number of halogens is 1. The van der Waals surface area contributed by atoms with E-state index in [0.717, 1.165) is 28.9 Å². The maximum Gasteiger partial charge on any atom is 0.329 e. The number of nitrogens with zero attached hydrogens (tertiary/aromatic N) is 1. The number of carbonyl (C=O) groups is 2. The lowest BCUT2D eigenvalue weighted by Gasteiger charge is -2.25. The molecule has 1 aliphatic carbocycles. The van der Waals surface area contributed by atoms with Crippen LogP contribution < -0.4 is 10.2 Å². The Balaban J connectivity index is 1.52. The van der Waals surface area contributed by atoms with Gasteiger partial charge in [-0.2, -0.15) is 0 Å². The van der Waals surface area contributed by atoms with Gasteiger partial charge in [0, 0.05) is 18.4 Å². The Morgan fingerprint density at radius 2 is 1.78 bits per heavy atom. The van der Waals surface area contributed by atoms with Crippen molar-refractivity contribution < 1.29 is 18.9 Å². The van der Waals surface area contributed by atoms with Gasteiger partial charge in [-0.25, -0.2) is 14.1 Å². The molecule has 2 atom stereocenters. The first-order chi connectivity index (χ1) is 13.0. The molecule has 1 heterocycles. The number of nitrogens with one attached hydrogen (secondary N) is 2. The van der Waals surface area contributed by atoms with Crippen LogP contribution >= 0.6 is 0 Å². The average Bonchev–Trinajstić information content (AvgIpc) is 3.48. The molecular formula is C21H23FN3O2+. The largest absolute Gasteiger partial charge is 0.329 e. The number of carbonyl (C=O) groups excluding carboxylic acids is 2. The van der Waals surface area contributed by atoms with Crippen LogP contribution in [0.5, 0.6) is 0 Å². The molecule has 2 aromatic rings.